The zero-order valence-electron chi connectivity index (χ0n) is 14.4. The number of benzene rings is 2. The van der Waals surface area contributed by atoms with E-state index in [1.54, 1.807) is 39.3 Å². The smallest absolute Gasteiger partial charge is 0.253 e. The van der Waals surface area contributed by atoms with Crippen molar-refractivity contribution in [3.8, 4) is 11.5 Å². The van der Waals surface area contributed by atoms with Crippen molar-refractivity contribution in [2.75, 3.05) is 25.3 Å². The number of halogens is 1. The summed E-state index contributed by atoms with van der Waals surface area (Å²) in [6.07, 6.45) is -0.612. The molecule has 6 nitrogen and oxygen atoms in total. The van der Waals surface area contributed by atoms with Gasteiger partial charge in [-0.25, -0.2) is 0 Å². The number of nitrogen functional groups attached to an aromatic ring is 1. The average molecular weight is 367 g/mol. The van der Waals surface area contributed by atoms with Gasteiger partial charge in [-0.3, -0.25) is 4.79 Å². The highest BCUT2D eigenvalue weighted by Crippen LogP contribution is 2.24. The fourth-order valence-corrected chi connectivity index (χ4v) is 2.12. The summed E-state index contributed by atoms with van der Waals surface area (Å²) in [6.45, 7) is 2.01. The molecule has 2 aromatic rings. The van der Waals surface area contributed by atoms with Crippen molar-refractivity contribution >= 4 is 29.7 Å². The molecule has 3 N–H and O–H groups in total. The molecule has 0 heterocycles. The summed E-state index contributed by atoms with van der Waals surface area (Å²) in [6, 6.07) is 12.6. The summed E-state index contributed by atoms with van der Waals surface area (Å²) in [4.78, 5) is 12.2. The van der Waals surface area contributed by atoms with Crippen molar-refractivity contribution in [3.05, 3.63) is 48.0 Å². The van der Waals surface area contributed by atoms with Gasteiger partial charge in [0.15, 0.2) is 0 Å². The van der Waals surface area contributed by atoms with E-state index in [4.69, 9.17) is 19.9 Å². The van der Waals surface area contributed by atoms with Gasteiger partial charge in [-0.15, -0.1) is 12.4 Å². The standard InChI is InChI=1S/C18H22N2O4.ClH/c1-12(24-11-13-5-4-6-15(9-13)22-2)18(21)20-14-7-8-17(23-3)16(19)10-14;/h4-10,12H,11,19H2,1-3H3,(H,20,21);1H. The van der Waals surface area contributed by atoms with E-state index in [2.05, 4.69) is 5.32 Å². The number of anilines is 2. The number of ether oxygens (including phenoxy) is 3. The Bertz CT molecular complexity index is 709. The van der Waals surface area contributed by atoms with Gasteiger partial charge >= 0.3 is 0 Å². The number of carbonyl (C=O) groups is 1. The highest BCUT2D eigenvalue weighted by atomic mass is 35.5. The lowest BCUT2D eigenvalue weighted by Crippen LogP contribution is -2.27. The summed E-state index contributed by atoms with van der Waals surface area (Å²) >= 11 is 0. The van der Waals surface area contributed by atoms with Gasteiger partial charge in [0.1, 0.15) is 17.6 Å². The first-order valence-electron chi connectivity index (χ1n) is 7.52. The van der Waals surface area contributed by atoms with Crippen LogP contribution in [0.5, 0.6) is 11.5 Å². The number of rotatable bonds is 7. The molecular formula is C18H23ClN2O4. The zero-order valence-corrected chi connectivity index (χ0v) is 15.3. The molecule has 0 saturated carbocycles. The Morgan fingerprint density at radius 2 is 1.92 bits per heavy atom. The lowest BCUT2D eigenvalue weighted by atomic mass is 10.2. The van der Waals surface area contributed by atoms with Crippen LogP contribution >= 0.6 is 12.4 Å². The van der Waals surface area contributed by atoms with E-state index in [-0.39, 0.29) is 18.3 Å². The zero-order chi connectivity index (χ0) is 17.5. The van der Waals surface area contributed by atoms with Gasteiger partial charge in [0.25, 0.3) is 5.91 Å². The first-order valence-corrected chi connectivity index (χ1v) is 7.52. The van der Waals surface area contributed by atoms with Crippen LogP contribution in [0.2, 0.25) is 0 Å². The van der Waals surface area contributed by atoms with Crippen LogP contribution in [-0.2, 0) is 16.1 Å². The Morgan fingerprint density at radius 1 is 1.16 bits per heavy atom. The Morgan fingerprint density at radius 3 is 2.56 bits per heavy atom. The molecule has 0 aromatic heterocycles. The predicted octanol–water partition coefficient (Wildman–Crippen LogP) is 3.25. The fraction of sp³-hybridized carbons (Fsp3) is 0.278. The van der Waals surface area contributed by atoms with Crippen LogP contribution in [0, 0.1) is 0 Å². The Balaban J connectivity index is 0.00000312. The van der Waals surface area contributed by atoms with Crippen LogP contribution < -0.4 is 20.5 Å². The molecule has 0 radical (unpaired) electrons. The van der Waals surface area contributed by atoms with E-state index in [1.165, 1.54) is 0 Å². The van der Waals surface area contributed by atoms with Crippen LogP contribution in [0.4, 0.5) is 11.4 Å². The van der Waals surface area contributed by atoms with Crippen LogP contribution in [0.3, 0.4) is 0 Å². The van der Waals surface area contributed by atoms with Gasteiger partial charge in [0.2, 0.25) is 0 Å². The average Bonchev–Trinajstić information content (AvgIpc) is 2.60. The molecule has 0 fully saturated rings. The number of nitrogens with two attached hydrogens (primary N) is 1. The topological polar surface area (TPSA) is 82.8 Å². The largest absolute Gasteiger partial charge is 0.497 e. The van der Waals surface area contributed by atoms with Gasteiger partial charge in [0.05, 0.1) is 26.5 Å². The Kier molecular flexibility index (Phi) is 8.04. The van der Waals surface area contributed by atoms with Crippen molar-refractivity contribution in [2.24, 2.45) is 0 Å². The molecule has 0 aliphatic rings. The van der Waals surface area contributed by atoms with Crippen molar-refractivity contribution in [1.82, 2.24) is 0 Å². The molecule has 0 spiro atoms. The van der Waals surface area contributed by atoms with Gasteiger partial charge < -0.3 is 25.3 Å². The number of amides is 1. The van der Waals surface area contributed by atoms with Gasteiger partial charge in [0, 0.05) is 5.69 Å². The van der Waals surface area contributed by atoms with Gasteiger partial charge in [-0.1, -0.05) is 12.1 Å². The summed E-state index contributed by atoms with van der Waals surface area (Å²) in [7, 11) is 3.15. The molecule has 1 atom stereocenters. The summed E-state index contributed by atoms with van der Waals surface area (Å²) in [5.74, 6) is 1.07. The van der Waals surface area contributed by atoms with Gasteiger partial charge in [-0.05, 0) is 42.8 Å². The summed E-state index contributed by atoms with van der Waals surface area (Å²) in [5, 5.41) is 2.77. The number of carbonyl (C=O) groups excluding carboxylic acids is 1. The maximum Gasteiger partial charge on any atom is 0.253 e. The molecule has 25 heavy (non-hydrogen) atoms. The monoisotopic (exact) mass is 366 g/mol. The first kappa shape index (κ1) is 20.6. The van der Waals surface area contributed by atoms with Crippen molar-refractivity contribution in [1.29, 1.82) is 0 Å². The Labute approximate surface area is 153 Å². The Hall–Kier alpha value is -2.44. The molecule has 0 aliphatic heterocycles. The second-order valence-electron chi connectivity index (χ2n) is 5.25. The minimum atomic E-state index is -0.612. The van der Waals surface area contributed by atoms with Crippen LogP contribution in [0.1, 0.15) is 12.5 Å². The first-order chi connectivity index (χ1) is 11.5. The third-order valence-corrected chi connectivity index (χ3v) is 3.50. The van der Waals surface area contributed by atoms with Crippen LogP contribution in [0.25, 0.3) is 0 Å². The molecule has 136 valence electrons. The highest BCUT2D eigenvalue weighted by molar-refractivity contribution is 5.94. The van der Waals surface area contributed by atoms with E-state index in [0.717, 1.165) is 11.3 Å². The molecule has 1 amide bonds. The normalized spacial score (nSPS) is 11.2. The third-order valence-electron chi connectivity index (χ3n) is 3.50. The SMILES string of the molecule is COc1cccc(COC(C)C(=O)Nc2ccc(OC)c(N)c2)c1.Cl. The molecule has 7 heteroatoms. The molecule has 1 unspecified atom stereocenters. The second-order valence-corrected chi connectivity index (χ2v) is 5.25. The number of hydrogen-bond donors (Lipinski definition) is 2. The second kappa shape index (κ2) is 9.76. The van der Waals surface area contributed by atoms with E-state index in [9.17, 15) is 4.79 Å². The highest BCUT2D eigenvalue weighted by Gasteiger charge is 2.14. The maximum atomic E-state index is 12.2. The fourth-order valence-electron chi connectivity index (χ4n) is 2.12. The number of hydrogen-bond acceptors (Lipinski definition) is 5. The third kappa shape index (κ3) is 5.85. The predicted molar refractivity (Wildman–Crippen MR) is 101 cm³/mol. The van der Waals surface area contributed by atoms with E-state index in [1.807, 2.05) is 24.3 Å². The minimum absolute atomic E-state index is 0. The molecule has 0 aliphatic carbocycles. The number of nitrogens with one attached hydrogen (secondary N) is 1. The van der Waals surface area contributed by atoms with E-state index >= 15 is 0 Å². The molecule has 2 rings (SSSR count). The number of methoxy groups -OCH3 is 2. The summed E-state index contributed by atoms with van der Waals surface area (Å²) in [5.41, 5.74) is 7.81. The quantitative estimate of drug-likeness (QED) is 0.735. The molecule has 0 bridgehead atoms. The van der Waals surface area contributed by atoms with Crippen molar-refractivity contribution in [2.45, 2.75) is 19.6 Å². The lowest BCUT2D eigenvalue weighted by molar-refractivity contribution is -0.127. The van der Waals surface area contributed by atoms with Gasteiger partial charge in [-0.2, -0.15) is 0 Å². The van der Waals surface area contributed by atoms with Crippen LogP contribution in [-0.4, -0.2) is 26.2 Å². The minimum Gasteiger partial charge on any atom is -0.497 e. The molecule has 2 aromatic carbocycles. The summed E-state index contributed by atoms with van der Waals surface area (Å²) < 4.78 is 15.9. The molecule has 0 saturated heterocycles. The van der Waals surface area contributed by atoms with Crippen molar-refractivity contribution in [3.63, 3.8) is 0 Å². The van der Waals surface area contributed by atoms with Crippen molar-refractivity contribution < 1.29 is 19.0 Å². The van der Waals surface area contributed by atoms with Crippen LogP contribution in [0.15, 0.2) is 42.5 Å². The van der Waals surface area contributed by atoms with E-state index in [0.29, 0.717) is 23.7 Å². The maximum absolute atomic E-state index is 12.2. The molecular weight excluding hydrogens is 344 g/mol. The lowest BCUT2D eigenvalue weighted by Gasteiger charge is -2.14. The van der Waals surface area contributed by atoms with E-state index < -0.39 is 6.10 Å².